The van der Waals surface area contributed by atoms with Crippen molar-refractivity contribution in [3.8, 4) is 17.1 Å². The van der Waals surface area contributed by atoms with E-state index in [2.05, 4.69) is 10.1 Å². The second-order valence-corrected chi connectivity index (χ2v) is 6.19. The van der Waals surface area contributed by atoms with Crippen LogP contribution in [0.2, 0.25) is 10.0 Å². The fraction of sp³-hybridized carbons (Fsp3) is 0.167. The number of nitrogens with zero attached hydrogens (tertiary/aromatic N) is 2. The van der Waals surface area contributed by atoms with Crippen LogP contribution in [0, 0.1) is 6.92 Å². The highest BCUT2D eigenvalue weighted by atomic mass is 35.5. The number of aryl methyl sites for hydroxylation is 1. The minimum atomic E-state index is -0.618. The van der Waals surface area contributed by atoms with Gasteiger partial charge in [0.05, 0.1) is 22.7 Å². The number of hydrogen-bond donors (Lipinski definition) is 0. The maximum absolute atomic E-state index is 12.2. The fourth-order valence-corrected chi connectivity index (χ4v) is 2.97. The average molecular weight is 393 g/mol. The Morgan fingerprint density at radius 1 is 1.19 bits per heavy atom. The Balaban J connectivity index is 1.70. The molecule has 0 radical (unpaired) electrons. The molecule has 134 valence electrons. The molecule has 0 bridgehead atoms. The van der Waals surface area contributed by atoms with Crippen LogP contribution in [0.1, 0.15) is 21.8 Å². The van der Waals surface area contributed by atoms with E-state index in [0.717, 1.165) is 11.1 Å². The van der Waals surface area contributed by atoms with Crippen LogP contribution in [0.4, 0.5) is 0 Å². The lowest BCUT2D eigenvalue weighted by Crippen LogP contribution is -2.06. The zero-order valence-corrected chi connectivity index (χ0v) is 15.5. The van der Waals surface area contributed by atoms with Crippen LogP contribution >= 0.6 is 23.2 Å². The number of hydrogen-bond acceptors (Lipinski definition) is 6. The van der Waals surface area contributed by atoms with E-state index in [9.17, 15) is 4.79 Å². The molecule has 0 aliphatic heterocycles. The van der Waals surface area contributed by atoms with Crippen LogP contribution in [0.5, 0.6) is 5.75 Å². The SMILES string of the molecule is COc1c(Cl)cc(C(=O)OCc2nc(-c3ccccc3C)no2)cc1Cl. The van der Waals surface area contributed by atoms with E-state index in [0.29, 0.717) is 11.6 Å². The second kappa shape index (κ2) is 7.76. The Labute approximate surface area is 159 Å². The van der Waals surface area contributed by atoms with Gasteiger partial charge < -0.3 is 14.0 Å². The summed E-state index contributed by atoms with van der Waals surface area (Å²) < 4.78 is 15.4. The number of methoxy groups -OCH3 is 1. The first kappa shape index (κ1) is 18.2. The lowest BCUT2D eigenvalue weighted by molar-refractivity contribution is 0.0430. The molecule has 1 aromatic heterocycles. The largest absolute Gasteiger partial charge is 0.494 e. The summed E-state index contributed by atoms with van der Waals surface area (Å²) in [6.07, 6.45) is 0. The third-order valence-electron chi connectivity index (χ3n) is 3.62. The third kappa shape index (κ3) is 3.81. The quantitative estimate of drug-likeness (QED) is 0.584. The van der Waals surface area contributed by atoms with Gasteiger partial charge in [-0.3, -0.25) is 0 Å². The first-order valence-electron chi connectivity index (χ1n) is 7.58. The first-order valence-corrected chi connectivity index (χ1v) is 8.34. The summed E-state index contributed by atoms with van der Waals surface area (Å²) in [6.45, 7) is 1.78. The van der Waals surface area contributed by atoms with E-state index in [1.807, 2.05) is 31.2 Å². The first-order chi connectivity index (χ1) is 12.5. The van der Waals surface area contributed by atoms with E-state index in [1.54, 1.807) is 0 Å². The Morgan fingerprint density at radius 3 is 2.54 bits per heavy atom. The zero-order valence-electron chi connectivity index (χ0n) is 14.0. The van der Waals surface area contributed by atoms with Crippen LogP contribution in [0.25, 0.3) is 11.4 Å². The van der Waals surface area contributed by atoms with Crippen molar-refractivity contribution >= 4 is 29.2 Å². The lowest BCUT2D eigenvalue weighted by Gasteiger charge is -2.08. The van der Waals surface area contributed by atoms with Crippen LogP contribution in [0.15, 0.2) is 40.9 Å². The van der Waals surface area contributed by atoms with Crippen molar-refractivity contribution in [2.24, 2.45) is 0 Å². The minimum Gasteiger partial charge on any atom is -0.494 e. The third-order valence-corrected chi connectivity index (χ3v) is 4.18. The number of carbonyl (C=O) groups is 1. The van der Waals surface area contributed by atoms with Crippen LogP contribution in [-0.2, 0) is 11.3 Å². The molecule has 3 rings (SSSR count). The Kier molecular flexibility index (Phi) is 5.44. The second-order valence-electron chi connectivity index (χ2n) is 5.38. The molecule has 0 fully saturated rings. The monoisotopic (exact) mass is 392 g/mol. The minimum absolute atomic E-state index is 0.168. The standard InChI is InChI=1S/C18H14Cl2N2O4/c1-10-5-3-4-6-12(10)17-21-15(26-22-17)9-25-18(23)11-7-13(19)16(24-2)14(20)8-11/h3-8H,9H2,1-2H3. The number of carbonyl (C=O) groups excluding carboxylic acids is 1. The Bertz CT molecular complexity index is 933. The van der Waals surface area contributed by atoms with Crippen molar-refractivity contribution in [2.75, 3.05) is 7.11 Å². The molecule has 0 atom stereocenters. The summed E-state index contributed by atoms with van der Waals surface area (Å²) in [4.78, 5) is 16.4. The Morgan fingerprint density at radius 2 is 1.88 bits per heavy atom. The Hall–Kier alpha value is -2.57. The van der Waals surface area contributed by atoms with E-state index >= 15 is 0 Å². The molecule has 0 unspecified atom stereocenters. The number of ether oxygens (including phenoxy) is 2. The van der Waals surface area contributed by atoms with E-state index < -0.39 is 5.97 Å². The van der Waals surface area contributed by atoms with Gasteiger partial charge in [0.2, 0.25) is 5.82 Å². The van der Waals surface area contributed by atoms with Crippen molar-refractivity contribution in [3.63, 3.8) is 0 Å². The number of aromatic nitrogens is 2. The van der Waals surface area contributed by atoms with Gasteiger partial charge in [0.1, 0.15) is 0 Å². The molecule has 0 saturated carbocycles. The van der Waals surface area contributed by atoms with Gasteiger partial charge in [-0.05, 0) is 24.6 Å². The van der Waals surface area contributed by atoms with Gasteiger partial charge in [0, 0.05) is 5.56 Å². The van der Waals surface area contributed by atoms with Crippen molar-refractivity contribution < 1.29 is 18.8 Å². The van der Waals surface area contributed by atoms with Gasteiger partial charge in [-0.15, -0.1) is 0 Å². The number of esters is 1. The van der Waals surface area contributed by atoms with Gasteiger partial charge in [0.15, 0.2) is 12.4 Å². The molecule has 0 N–H and O–H groups in total. The molecule has 0 aliphatic rings. The molecule has 0 aliphatic carbocycles. The summed E-state index contributed by atoms with van der Waals surface area (Å²) >= 11 is 12.0. The topological polar surface area (TPSA) is 74.5 Å². The molecule has 26 heavy (non-hydrogen) atoms. The summed E-state index contributed by atoms with van der Waals surface area (Å²) in [7, 11) is 1.44. The lowest BCUT2D eigenvalue weighted by atomic mass is 10.1. The van der Waals surface area contributed by atoms with Crippen LogP contribution in [-0.4, -0.2) is 23.2 Å². The molecule has 1 heterocycles. The summed E-state index contributed by atoms with van der Waals surface area (Å²) in [6, 6.07) is 10.5. The highest BCUT2D eigenvalue weighted by Crippen LogP contribution is 2.34. The molecular formula is C18H14Cl2N2O4. The zero-order chi connectivity index (χ0) is 18.7. The molecule has 6 nitrogen and oxygen atoms in total. The fourth-order valence-electron chi connectivity index (χ4n) is 2.33. The van der Waals surface area contributed by atoms with E-state index in [4.69, 9.17) is 37.2 Å². The summed E-state index contributed by atoms with van der Waals surface area (Å²) in [5.41, 5.74) is 2.06. The molecule has 2 aromatic carbocycles. The smallest absolute Gasteiger partial charge is 0.338 e. The molecular weight excluding hydrogens is 379 g/mol. The van der Waals surface area contributed by atoms with Crippen molar-refractivity contribution in [2.45, 2.75) is 13.5 Å². The normalized spacial score (nSPS) is 10.6. The number of rotatable bonds is 5. The number of benzene rings is 2. The van der Waals surface area contributed by atoms with Crippen LogP contribution in [0.3, 0.4) is 0 Å². The molecule has 3 aromatic rings. The molecule has 8 heteroatoms. The van der Waals surface area contributed by atoms with Gasteiger partial charge in [-0.1, -0.05) is 52.6 Å². The van der Waals surface area contributed by atoms with Crippen molar-refractivity contribution in [3.05, 3.63) is 63.5 Å². The summed E-state index contributed by atoms with van der Waals surface area (Å²) in [5.74, 6) is 0.295. The molecule has 0 saturated heterocycles. The van der Waals surface area contributed by atoms with Gasteiger partial charge in [0.25, 0.3) is 5.89 Å². The van der Waals surface area contributed by atoms with E-state index in [-0.39, 0.29) is 28.1 Å². The molecule has 0 spiro atoms. The predicted molar refractivity (Wildman–Crippen MR) is 96.6 cm³/mol. The highest BCUT2D eigenvalue weighted by Gasteiger charge is 2.17. The molecule has 0 amide bonds. The van der Waals surface area contributed by atoms with Gasteiger partial charge in [-0.25, -0.2) is 4.79 Å². The van der Waals surface area contributed by atoms with Gasteiger partial charge >= 0.3 is 5.97 Å². The maximum Gasteiger partial charge on any atom is 0.338 e. The van der Waals surface area contributed by atoms with Crippen molar-refractivity contribution in [1.82, 2.24) is 10.1 Å². The number of halogens is 2. The van der Waals surface area contributed by atoms with Crippen molar-refractivity contribution in [1.29, 1.82) is 0 Å². The average Bonchev–Trinajstić information content (AvgIpc) is 3.08. The predicted octanol–water partition coefficient (Wildman–Crippen LogP) is 4.72. The van der Waals surface area contributed by atoms with Gasteiger partial charge in [-0.2, -0.15) is 4.98 Å². The van der Waals surface area contributed by atoms with E-state index in [1.165, 1.54) is 19.2 Å². The van der Waals surface area contributed by atoms with Crippen LogP contribution < -0.4 is 4.74 Å². The maximum atomic E-state index is 12.2. The highest BCUT2D eigenvalue weighted by molar-refractivity contribution is 6.37. The summed E-state index contributed by atoms with van der Waals surface area (Å²) in [5, 5.41) is 4.34.